The Hall–Kier alpha value is -2.61. The number of hydrogen-bond acceptors (Lipinski definition) is 4. The average Bonchev–Trinajstić information content (AvgIpc) is 2.58. The summed E-state index contributed by atoms with van der Waals surface area (Å²) < 4.78 is 51.4. The molecule has 0 amide bonds. The zero-order chi connectivity index (χ0) is 18.9. The quantitative estimate of drug-likeness (QED) is 0.606. The van der Waals surface area contributed by atoms with Crippen molar-refractivity contribution in [3.05, 3.63) is 53.6 Å². The molecule has 0 saturated carbocycles. The zero-order valence-corrected chi connectivity index (χ0v) is 14.1. The van der Waals surface area contributed by atoms with Crippen molar-refractivity contribution in [1.82, 2.24) is 0 Å². The van der Waals surface area contributed by atoms with Crippen LogP contribution in [0.3, 0.4) is 0 Å². The third kappa shape index (κ3) is 3.96. The topological polar surface area (TPSA) is 55.8 Å². The van der Waals surface area contributed by atoms with Gasteiger partial charge in [0.25, 0.3) is 0 Å². The Kier molecular flexibility index (Phi) is 4.86. The lowest BCUT2D eigenvalue weighted by Gasteiger charge is -2.24. The maximum absolute atomic E-state index is 13.5. The maximum atomic E-state index is 13.5. The number of benzene rings is 2. The van der Waals surface area contributed by atoms with Gasteiger partial charge in [0, 0.05) is 6.08 Å². The molecule has 0 bridgehead atoms. The van der Waals surface area contributed by atoms with Gasteiger partial charge in [-0.15, -0.1) is 12.6 Å². The molecule has 0 radical (unpaired) electrons. The van der Waals surface area contributed by atoms with Crippen molar-refractivity contribution in [2.24, 2.45) is 0 Å². The van der Waals surface area contributed by atoms with Crippen LogP contribution in [-0.4, -0.2) is 23.1 Å². The van der Waals surface area contributed by atoms with E-state index in [0.717, 1.165) is 18.2 Å². The molecule has 1 aliphatic heterocycles. The molecule has 3 rings (SSSR count). The summed E-state index contributed by atoms with van der Waals surface area (Å²) in [6, 6.07) is 8.15. The molecule has 0 aromatic heterocycles. The molecule has 0 fully saturated rings. The molecule has 0 aliphatic carbocycles. The van der Waals surface area contributed by atoms with Crippen molar-refractivity contribution >= 4 is 24.7 Å². The number of ether oxygens (including phenoxy) is 2. The third-order valence-electron chi connectivity index (χ3n) is 3.67. The summed E-state index contributed by atoms with van der Waals surface area (Å²) in [5.74, 6) is -0.484. The van der Waals surface area contributed by atoms with Gasteiger partial charge in [-0.2, -0.15) is 13.2 Å². The third-order valence-corrected chi connectivity index (χ3v) is 3.92. The normalized spacial score (nSPS) is 16.7. The lowest BCUT2D eigenvalue weighted by atomic mass is 9.96. The fourth-order valence-electron chi connectivity index (χ4n) is 2.55. The Morgan fingerprint density at radius 1 is 1.19 bits per heavy atom. The largest absolute Gasteiger partial charge is 0.485 e. The van der Waals surface area contributed by atoms with Crippen LogP contribution < -0.4 is 9.47 Å². The molecule has 1 aliphatic rings. The van der Waals surface area contributed by atoms with Crippen LogP contribution in [0.1, 0.15) is 11.1 Å². The van der Waals surface area contributed by atoms with Crippen LogP contribution in [0.2, 0.25) is 0 Å². The minimum Gasteiger partial charge on any atom is -0.485 e. The first kappa shape index (κ1) is 18.2. The van der Waals surface area contributed by atoms with Gasteiger partial charge < -0.3 is 14.6 Å². The number of carboxylic acid groups (broad SMARTS) is 1. The molecule has 2 aromatic rings. The van der Waals surface area contributed by atoms with E-state index in [1.54, 1.807) is 0 Å². The maximum Gasteiger partial charge on any atom is 0.417 e. The molecule has 2 aromatic carbocycles. The van der Waals surface area contributed by atoms with Gasteiger partial charge >= 0.3 is 12.1 Å². The summed E-state index contributed by atoms with van der Waals surface area (Å²) in [7, 11) is 0. The number of alkyl halides is 3. The van der Waals surface area contributed by atoms with Crippen LogP contribution in [-0.2, 0) is 11.0 Å². The van der Waals surface area contributed by atoms with E-state index in [0.29, 0.717) is 17.1 Å². The molecule has 0 saturated heterocycles. The molecular weight excluding hydrogens is 369 g/mol. The van der Waals surface area contributed by atoms with E-state index in [1.165, 1.54) is 30.3 Å². The van der Waals surface area contributed by atoms with Crippen LogP contribution in [0.5, 0.6) is 11.5 Å². The highest BCUT2D eigenvalue weighted by Gasteiger charge is 2.34. The van der Waals surface area contributed by atoms with E-state index in [1.807, 2.05) is 0 Å². The summed E-state index contributed by atoms with van der Waals surface area (Å²) in [6.07, 6.45) is -2.71. The summed E-state index contributed by atoms with van der Waals surface area (Å²) in [5, 5.41) is 8.63. The Labute approximate surface area is 152 Å². The van der Waals surface area contributed by atoms with Gasteiger partial charge in [-0.3, -0.25) is 0 Å². The molecule has 1 heterocycles. The Morgan fingerprint density at radius 3 is 2.65 bits per heavy atom. The number of halogens is 3. The van der Waals surface area contributed by atoms with Crippen molar-refractivity contribution in [1.29, 1.82) is 0 Å². The first-order valence-corrected chi connectivity index (χ1v) is 8.00. The van der Waals surface area contributed by atoms with Crippen molar-refractivity contribution < 1.29 is 32.5 Å². The Morgan fingerprint density at radius 2 is 1.96 bits per heavy atom. The number of carbonyl (C=O) groups is 1. The summed E-state index contributed by atoms with van der Waals surface area (Å²) in [4.78, 5) is 10.6. The van der Waals surface area contributed by atoms with Gasteiger partial charge in [0.1, 0.15) is 6.61 Å². The van der Waals surface area contributed by atoms with Crippen LogP contribution in [0.15, 0.2) is 42.5 Å². The molecule has 1 N–H and O–H groups in total. The van der Waals surface area contributed by atoms with E-state index in [9.17, 15) is 18.0 Å². The lowest BCUT2D eigenvalue weighted by molar-refractivity contribution is -0.137. The predicted octanol–water partition coefficient (Wildman–Crippen LogP) is 4.50. The smallest absolute Gasteiger partial charge is 0.417 e. The van der Waals surface area contributed by atoms with Crippen molar-refractivity contribution in [3.8, 4) is 22.6 Å². The van der Waals surface area contributed by atoms with Gasteiger partial charge in [0.15, 0.2) is 16.9 Å². The Bertz CT molecular complexity index is 877. The number of hydrogen-bond donors (Lipinski definition) is 2. The van der Waals surface area contributed by atoms with Gasteiger partial charge in [-0.05, 0) is 41.0 Å². The molecule has 1 atom stereocenters. The van der Waals surface area contributed by atoms with Gasteiger partial charge in [-0.1, -0.05) is 18.2 Å². The monoisotopic (exact) mass is 382 g/mol. The Balaban J connectivity index is 2.05. The van der Waals surface area contributed by atoms with Gasteiger partial charge in [0.05, 0.1) is 5.56 Å². The van der Waals surface area contributed by atoms with E-state index in [-0.39, 0.29) is 17.7 Å². The molecule has 8 heteroatoms. The number of fused-ring (bicyclic) bond motifs is 1. The van der Waals surface area contributed by atoms with Crippen molar-refractivity contribution in [2.75, 3.05) is 6.61 Å². The van der Waals surface area contributed by atoms with Crippen molar-refractivity contribution in [2.45, 2.75) is 11.6 Å². The molecule has 4 nitrogen and oxygen atoms in total. The second-order valence-electron chi connectivity index (χ2n) is 5.52. The van der Waals surface area contributed by atoms with Crippen LogP contribution in [0, 0.1) is 0 Å². The molecule has 136 valence electrons. The standard InChI is InChI=1S/C18H13F3O4S/c19-18(20,21)13-7-10(2-6-16(22)23)1-4-12(13)11-3-5-14-15(8-11)24-9-17(26)25-14/h1-8,17,26H,9H2,(H,22,23)/b6-2+. The first-order chi connectivity index (χ1) is 12.2. The highest BCUT2D eigenvalue weighted by atomic mass is 32.1. The zero-order valence-electron chi connectivity index (χ0n) is 13.2. The number of aliphatic carboxylic acids is 1. The number of carboxylic acids is 1. The second kappa shape index (κ2) is 6.95. The molecule has 1 unspecified atom stereocenters. The van der Waals surface area contributed by atoms with Gasteiger partial charge in [0.2, 0.25) is 0 Å². The van der Waals surface area contributed by atoms with E-state index in [2.05, 4.69) is 12.6 Å². The summed E-state index contributed by atoms with van der Waals surface area (Å²) >= 11 is 4.14. The first-order valence-electron chi connectivity index (χ1n) is 7.48. The number of thiol groups is 1. The van der Waals surface area contributed by atoms with Crippen LogP contribution >= 0.6 is 12.6 Å². The summed E-state index contributed by atoms with van der Waals surface area (Å²) in [6.45, 7) is 0.185. The second-order valence-corrected chi connectivity index (χ2v) is 6.10. The minimum absolute atomic E-state index is 0.0376. The average molecular weight is 382 g/mol. The fraction of sp³-hybridized carbons (Fsp3) is 0.167. The van der Waals surface area contributed by atoms with Crippen LogP contribution in [0.4, 0.5) is 13.2 Å². The van der Waals surface area contributed by atoms with Crippen LogP contribution in [0.25, 0.3) is 17.2 Å². The highest BCUT2D eigenvalue weighted by Crippen LogP contribution is 2.41. The lowest BCUT2D eigenvalue weighted by Crippen LogP contribution is -2.23. The SMILES string of the molecule is O=C(O)/C=C/c1ccc(-c2ccc3c(c2)OCC(S)O3)c(C(F)(F)F)c1. The van der Waals surface area contributed by atoms with Gasteiger partial charge in [-0.25, -0.2) is 4.79 Å². The van der Waals surface area contributed by atoms with Crippen molar-refractivity contribution in [3.63, 3.8) is 0 Å². The number of rotatable bonds is 3. The molecular formula is C18H13F3O4S. The van der Waals surface area contributed by atoms with E-state index in [4.69, 9.17) is 14.6 Å². The molecule has 26 heavy (non-hydrogen) atoms. The predicted molar refractivity (Wildman–Crippen MR) is 92.4 cm³/mol. The molecule has 0 spiro atoms. The van der Waals surface area contributed by atoms with E-state index < -0.39 is 23.1 Å². The fourth-order valence-corrected chi connectivity index (χ4v) is 2.73. The summed E-state index contributed by atoms with van der Waals surface area (Å²) in [5.41, 5.74) is -0.887. The van der Waals surface area contributed by atoms with E-state index >= 15 is 0 Å². The minimum atomic E-state index is -4.61. The highest BCUT2D eigenvalue weighted by molar-refractivity contribution is 7.80.